The number of benzene rings is 1. The summed E-state index contributed by atoms with van der Waals surface area (Å²) >= 11 is 0. The summed E-state index contributed by atoms with van der Waals surface area (Å²) in [5.41, 5.74) is 3.90. The van der Waals surface area contributed by atoms with Crippen LogP contribution in [0, 0.1) is 19.8 Å². The van der Waals surface area contributed by atoms with Gasteiger partial charge in [0.25, 0.3) is 0 Å². The predicted octanol–water partition coefficient (Wildman–Crippen LogP) is 2.23. The van der Waals surface area contributed by atoms with Gasteiger partial charge in [0.1, 0.15) is 0 Å². The van der Waals surface area contributed by atoms with Crippen LogP contribution in [0.2, 0.25) is 0 Å². The molecule has 24 heavy (non-hydrogen) atoms. The Morgan fingerprint density at radius 2 is 2.00 bits per heavy atom. The Labute approximate surface area is 145 Å². The second-order valence-electron chi connectivity index (χ2n) is 6.64. The first-order valence-corrected chi connectivity index (χ1v) is 8.75. The minimum absolute atomic E-state index is 0.144. The summed E-state index contributed by atoms with van der Waals surface area (Å²) in [7, 11) is 3.54. The number of rotatable bonds is 4. The molecule has 0 saturated carbocycles. The first-order chi connectivity index (χ1) is 11.5. The lowest BCUT2D eigenvalue weighted by atomic mass is 9.93. The monoisotopic (exact) mass is 330 g/mol. The van der Waals surface area contributed by atoms with E-state index in [1.54, 1.807) is 7.05 Å². The van der Waals surface area contributed by atoms with Gasteiger partial charge in [-0.1, -0.05) is 23.8 Å². The summed E-state index contributed by atoms with van der Waals surface area (Å²) in [5.74, 6) is 1.58. The minimum atomic E-state index is 0.144. The van der Waals surface area contributed by atoms with E-state index < -0.39 is 0 Å². The van der Waals surface area contributed by atoms with Crippen molar-refractivity contribution in [2.45, 2.75) is 39.7 Å². The van der Waals surface area contributed by atoms with Gasteiger partial charge < -0.3 is 15.5 Å². The smallest absolute Gasteiger partial charge is 0.220 e. The van der Waals surface area contributed by atoms with Crippen LogP contribution in [0.3, 0.4) is 0 Å². The van der Waals surface area contributed by atoms with Crippen LogP contribution in [-0.4, -0.2) is 44.0 Å². The van der Waals surface area contributed by atoms with Crippen molar-refractivity contribution in [3.63, 3.8) is 0 Å². The molecule has 0 aliphatic carbocycles. The number of aryl methyl sites for hydroxylation is 2. The number of likely N-dealkylation sites (tertiary alicyclic amines) is 1. The molecule has 1 amide bonds. The van der Waals surface area contributed by atoms with Crippen LogP contribution in [0.5, 0.6) is 0 Å². The molecule has 0 spiro atoms. The predicted molar refractivity (Wildman–Crippen MR) is 99.1 cm³/mol. The van der Waals surface area contributed by atoms with Crippen LogP contribution < -0.4 is 10.6 Å². The van der Waals surface area contributed by atoms with Gasteiger partial charge in [0.2, 0.25) is 5.91 Å². The van der Waals surface area contributed by atoms with E-state index in [-0.39, 0.29) is 5.91 Å². The maximum absolute atomic E-state index is 11.5. The number of carbonyl (C=O) groups excluding carboxylic acids is 1. The zero-order chi connectivity index (χ0) is 17.5. The van der Waals surface area contributed by atoms with E-state index in [0.29, 0.717) is 12.3 Å². The average molecular weight is 330 g/mol. The Kier molecular flexibility index (Phi) is 6.64. The normalized spacial score (nSPS) is 16.2. The lowest BCUT2D eigenvalue weighted by Crippen LogP contribution is -2.45. The Hall–Kier alpha value is -2.04. The zero-order valence-electron chi connectivity index (χ0n) is 15.4. The third kappa shape index (κ3) is 4.98. The molecule has 1 heterocycles. The quantitative estimate of drug-likeness (QED) is 0.657. The molecule has 1 aromatic carbocycles. The SMILES string of the molecule is CN=C(NCc1ccc(C)cc1C)N1CCC(CC(=O)NC)CC1. The maximum Gasteiger partial charge on any atom is 0.220 e. The van der Waals surface area contributed by atoms with E-state index in [2.05, 4.69) is 52.6 Å². The largest absolute Gasteiger partial charge is 0.359 e. The molecule has 132 valence electrons. The molecular weight excluding hydrogens is 300 g/mol. The van der Waals surface area contributed by atoms with Gasteiger partial charge in [-0.3, -0.25) is 9.79 Å². The molecule has 1 aliphatic rings. The molecule has 5 heteroatoms. The van der Waals surface area contributed by atoms with Crippen molar-refractivity contribution in [3.8, 4) is 0 Å². The third-order valence-corrected chi connectivity index (χ3v) is 4.81. The van der Waals surface area contributed by atoms with E-state index >= 15 is 0 Å². The number of carbonyl (C=O) groups is 1. The lowest BCUT2D eigenvalue weighted by molar-refractivity contribution is -0.121. The summed E-state index contributed by atoms with van der Waals surface area (Å²) in [6.45, 7) is 6.96. The highest BCUT2D eigenvalue weighted by molar-refractivity contribution is 5.80. The molecule has 0 bridgehead atoms. The van der Waals surface area contributed by atoms with Gasteiger partial charge in [-0.05, 0) is 43.7 Å². The first-order valence-electron chi connectivity index (χ1n) is 8.75. The van der Waals surface area contributed by atoms with E-state index in [9.17, 15) is 4.79 Å². The molecule has 0 unspecified atom stereocenters. The number of hydrogen-bond donors (Lipinski definition) is 2. The van der Waals surface area contributed by atoms with Crippen molar-refractivity contribution in [1.82, 2.24) is 15.5 Å². The molecule has 1 fully saturated rings. The fourth-order valence-electron chi connectivity index (χ4n) is 3.26. The maximum atomic E-state index is 11.5. The van der Waals surface area contributed by atoms with Gasteiger partial charge in [-0.25, -0.2) is 0 Å². The number of hydrogen-bond acceptors (Lipinski definition) is 2. The van der Waals surface area contributed by atoms with E-state index in [1.807, 2.05) is 7.05 Å². The zero-order valence-corrected chi connectivity index (χ0v) is 15.4. The number of amides is 1. The molecule has 5 nitrogen and oxygen atoms in total. The van der Waals surface area contributed by atoms with Gasteiger partial charge >= 0.3 is 0 Å². The molecular formula is C19H30N4O. The number of aliphatic imine (C=N–C) groups is 1. The van der Waals surface area contributed by atoms with Crippen molar-refractivity contribution in [2.75, 3.05) is 27.2 Å². The summed E-state index contributed by atoms with van der Waals surface area (Å²) in [4.78, 5) is 18.2. The van der Waals surface area contributed by atoms with Crippen LogP contribution in [-0.2, 0) is 11.3 Å². The fraction of sp³-hybridized carbons (Fsp3) is 0.579. The van der Waals surface area contributed by atoms with Crippen LogP contribution in [0.1, 0.15) is 36.0 Å². The Morgan fingerprint density at radius 3 is 2.58 bits per heavy atom. The Balaban J connectivity index is 1.85. The van der Waals surface area contributed by atoms with Crippen LogP contribution in [0.25, 0.3) is 0 Å². The summed E-state index contributed by atoms with van der Waals surface area (Å²) in [5, 5.41) is 6.20. The Morgan fingerprint density at radius 1 is 1.29 bits per heavy atom. The van der Waals surface area contributed by atoms with Crippen LogP contribution >= 0.6 is 0 Å². The number of nitrogens with zero attached hydrogens (tertiary/aromatic N) is 2. The standard InChI is InChI=1S/C19H30N4O/c1-14-5-6-17(15(2)11-14)13-22-19(21-4)23-9-7-16(8-10-23)12-18(24)20-3/h5-6,11,16H,7-10,12-13H2,1-4H3,(H,20,24)(H,21,22). The highest BCUT2D eigenvalue weighted by Gasteiger charge is 2.23. The van der Waals surface area contributed by atoms with Crippen molar-refractivity contribution >= 4 is 11.9 Å². The lowest BCUT2D eigenvalue weighted by Gasteiger charge is -2.34. The molecule has 1 aliphatic heterocycles. The van der Waals surface area contributed by atoms with Gasteiger partial charge in [-0.15, -0.1) is 0 Å². The van der Waals surface area contributed by atoms with Crippen molar-refractivity contribution in [1.29, 1.82) is 0 Å². The average Bonchev–Trinajstić information content (AvgIpc) is 2.58. The number of nitrogens with one attached hydrogen (secondary N) is 2. The molecule has 2 N–H and O–H groups in total. The van der Waals surface area contributed by atoms with Crippen molar-refractivity contribution < 1.29 is 4.79 Å². The Bertz CT molecular complexity index is 589. The topological polar surface area (TPSA) is 56.7 Å². The van der Waals surface area contributed by atoms with Gasteiger partial charge in [0, 0.05) is 40.2 Å². The number of piperidine rings is 1. The molecule has 1 saturated heterocycles. The highest BCUT2D eigenvalue weighted by Crippen LogP contribution is 2.20. The van der Waals surface area contributed by atoms with Gasteiger partial charge in [0.15, 0.2) is 5.96 Å². The van der Waals surface area contributed by atoms with E-state index in [0.717, 1.165) is 38.4 Å². The second-order valence-corrected chi connectivity index (χ2v) is 6.64. The third-order valence-electron chi connectivity index (χ3n) is 4.81. The van der Waals surface area contributed by atoms with E-state index in [4.69, 9.17) is 0 Å². The van der Waals surface area contributed by atoms with Crippen molar-refractivity contribution in [3.05, 3.63) is 34.9 Å². The molecule has 1 aromatic rings. The second kappa shape index (κ2) is 8.71. The summed E-state index contributed by atoms with van der Waals surface area (Å²) < 4.78 is 0. The molecule has 2 rings (SSSR count). The van der Waals surface area contributed by atoms with Crippen LogP contribution in [0.4, 0.5) is 0 Å². The molecule has 0 radical (unpaired) electrons. The number of guanidine groups is 1. The molecule has 0 aromatic heterocycles. The highest BCUT2D eigenvalue weighted by atomic mass is 16.1. The van der Waals surface area contributed by atoms with Gasteiger partial charge in [-0.2, -0.15) is 0 Å². The fourth-order valence-corrected chi connectivity index (χ4v) is 3.26. The van der Waals surface area contributed by atoms with Gasteiger partial charge in [0.05, 0.1) is 0 Å². The minimum Gasteiger partial charge on any atom is -0.359 e. The summed E-state index contributed by atoms with van der Waals surface area (Å²) in [6.07, 6.45) is 2.72. The van der Waals surface area contributed by atoms with E-state index in [1.165, 1.54) is 16.7 Å². The van der Waals surface area contributed by atoms with Crippen molar-refractivity contribution in [2.24, 2.45) is 10.9 Å². The van der Waals surface area contributed by atoms with Crippen LogP contribution in [0.15, 0.2) is 23.2 Å². The first kappa shape index (κ1) is 18.3. The summed E-state index contributed by atoms with van der Waals surface area (Å²) in [6, 6.07) is 6.54. The molecule has 0 atom stereocenters.